The summed E-state index contributed by atoms with van der Waals surface area (Å²) in [7, 11) is 0. The molecule has 22 heavy (non-hydrogen) atoms. The highest BCUT2D eigenvalue weighted by Crippen LogP contribution is 2.29. The monoisotopic (exact) mass is 302 g/mol. The second-order valence-corrected chi connectivity index (χ2v) is 5.42. The molecule has 0 aromatic rings. The average Bonchev–Trinajstić information content (AvgIpc) is 3.23. The molecule has 0 bridgehead atoms. The van der Waals surface area contributed by atoms with Crippen molar-refractivity contribution in [1.29, 1.82) is 0 Å². The maximum Gasteiger partial charge on any atom is 0.303 e. The van der Waals surface area contributed by atoms with E-state index in [-0.39, 0.29) is 18.2 Å². The van der Waals surface area contributed by atoms with Gasteiger partial charge in [0, 0.05) is 13.3 Å². The summed E-state index contributed by atoms with van der Waals surface area (Å²) < 4.78 is 10.6. The van der Waals surface area contributed by atoms with Gasteiger partial charge >= 0.3 is 5.97 Å². The number of rotatable bonds is 9. The summed E-state index contributed by atoms with van der Waals surface area (Å²) in [4.78, 5) is 10.8. The Morgan fingerprint density at radius 1 is 1.32 bits per heavy atom. The lowest BCUT2D eigenvalue weighted by atomic mass is 10.1. The van der Waals surface area contributed by atoms with Gasteiger partial charge in [0.25, 0.3) is 0 Å². The van der Waals surface area contributed by atoms with Crippen LogP contribution in [0, 0.1) is 23.7 Å². The molecule has 3 heteroatoms. The molecule has 0 amide bonds. The Bertz CT molecular complexity index is 472. The number of ether oxygens (including phenoxy) is 2. The van der Waals surface area contributed by atoms with Crippen LogP contribution in [-0.4, -0.2) is 24.3 Å². The second-order valence-electron chi connectivity index (χ2n) is 5.42. The Morgan fingerprint density at radius 2 is 2.14 bits per heavy atom. The van der Waals surface area contributed by atoms with Crippen LogP contribution >= 0.6 is 0 Å². The first-order valence-corrected chi connectivity index (χ1v) is 8.09. The van der Waals surface area contributed by atoms with E-state index in [1.54, 1.807) is 0 Å². The van der Waals surface area contributed by atoms with Crippen LogP contribution in [0.1, 0.15) is 58.8 Å². The lowest BCUT2D eigenvalue weighted by Gasteiger charge is -2.06. The summed E-state index contributed by atoms with van der Waals surface area (Å²) in [5.41, 5.74) is 0. The summed E-state index contributed by atoms with van der Waals surface area (Å²) in [5.74, 6) is 11.1. The fraction of sp³-hybridized carbons (Fsp3) is 0.632. The van der Waals surface area contributed by atoms with Gasteiger partial charge in [0.15, 0.2) is 6.10 Å². The lowest BCUT2D eigenvalue weighted by Crippen LogP contribution is -2.12. The van der Waals surface area contributed by atoms with Crippen molar-refractivity contribution in [3.63, 3.8) is 0 Å². The molecule has 1 fully saturated rings. The van der Waals surface area contributed by atoms with Gasteiger partial charge in [-0.15, -0.1) is 6.58 Å². The molecule has 1 heterocycles. The van der Waals surface area contributed by atoms with Gasteiger partial charge in [-0.05, 0) is 43.4 Å². The van der Waals surface area contributed by atoms with Crippen LogP contribution in [0.25, 0.3) is 0 Å². The number of carbonyl (C=O) groups excluding carboxylic acids is 1. The topological polar surface area (TPSA) is 38.8 Å². The van der Waals surface area contributed by atoms with Crippen LogP contribution in [0.4, 0.5) is 0 Å². The Balaban J connectivity index is 2.13. The van der Waals surface area contributed by atoms with Crippen molar-refractivity contribution in [3.05, 3.63) is 12.7 Å². The van der Waals surface area contributed by atoms with Crippen LogP contribution in [0.15, 0.2) is 12.7 Å². The highest BCUT2D eigenvalue weighted by Gasteiger charge is 2.36. The minimum Gasteiger partial charge on any atom is -0.449 e. The number of allylic oxidation sites excluding steroid dienone is 1. The van der Waals surface area contributed by atoms with Gasteiger partial charge in [-0.25, -0.2) is 0 Å². The van der Waals surface area contributed by atoms with E-state index in [0.29, 0.717) is 12.5 Å². The Labute approximate surface area is 134 Å². The molecule has 0 aromatic carbocycles. The van der Waals surface area contributed by atoms with E-state index in [0.717, 1.165) is 19.3 Å². The molecule has 0 aliphatic carbocycles. The van der Waals surface area contributed by atoms with Crippen molar-refractivity contribution in [1.82, 2.24) is 0 Å². The predicted octanol–water partition coefficient (Wildman–Crippen LogP) is 3.63. The fourth-order valence-corrected chi connectivity index (χ4v) is 2.15. The fourth-order valence-electron chi connectivity index (χ4n) is 2.15. The molecule has 3 atom stereocenters. The predicted molar refractivity (Wildman–Crippen MR) is 88.0 cm³/mol. The van der Waals surface area contributed by atoms with E-state index < -0.39 is 0 Å². The van der Waals surface area contributed by atoms with E-state index >= 15 is 0 Å². The number of hydrogen-bond acceptors (Lipinski definition) is 3. The standard InChI is InChI=1S/C19H26O3/c1-4-6-7-8-11-14-18-19(22-18)15-12-9-10-13-17(5-2)21-16(3)20/h4,17-19H,1,5-8,11,14-15H2,2-3H3/t17-,18-,19+/m0/s1. The van der Waals surface area contributed by atoms with Crippen molar-refractivity contribution in [2.24, 2.45) is 0 Å². The highest BCUT2D eigenvalue weighted by molar-refractivity contribution is 5.66. The Hall–Kier alpha value is -1.71. The summed E-state index contributed by atoms with van der Waals surface area (Å²) in [6.07, 6.45) is 9.59. The molecular weight excluding hydrogens is 276 g/mol. The number of unbranched alkanes of at least 4 members (excludes halogenated alkanes) is 3. The molecule has 0 aromatic heterocycles. The smallest absolute Gasteiger partial charge is 0.303 e. The van der Waals surface area contributed by atoms with Crippen LogP contribution in [0.5, 0.6) is 0 Å². The molecule has 1 rings (SSSR count). The SMILES string of the molecule is C=CCCCCC[C@@H]1O[C@@H]1CC#CC#C[C@H](CC)OC(C)=O. The van der Waals surface area contributed by atoms with Gasteiger partial charge in [-0.2, -0.15) is 0 Å². The van der Waals surface area contributed by atoms with Gasteiger partial charge in [0.05, 0.1) is 12.2 Å². The van der Waals surface area contributed by atoms with E-state index in [9.17, 15) is 4.79 Å². The summed E-state index contributed by atoms with van der Waals surface area (Å²) in [6, 6.07) is 0. The molecule has 0 unspecified atom stereocenters. The largest absolute Gasteiger partial charge is 0.449 e. The van der Waals surface area contributed by atoms with E-state index in [1.807, 2.05) is 13.0 Å². The molecule has 1 saturated heterocycles. The van der Waals surface area contributed by atoms with Crippen molar-refractivity contribution in [2.45, 2.75) is 77.1 Å². The average molecular weight is 302 g/mol. The van der Waals surface area contributed by atoms with Crippen LogP contribution in [0.3, 0.4) is 0 Å². The molecule has 0 saturated carbocycles. The number of carbonyl (C=O) groups is 1. The zero-order chi connectivity index (χ0) is 16.2. The van der Waals surface area contributed by atoms with Crippen molar-refractivity contribution in [2.75, 3.05) is 0 Å². The summed E-state index contributed by atoms with van der Waals surface area (Å²) in [6.45, 7) is 7.03. The molecule has 3 nitrogen and oxygen atoms in total. The summed E-state index contributed by atoms with van der Waals surface area (Å²) >= 11 is 0. The molecule has 1 aliphatic heterocycles. The molecule has 0 N–H and O–H groups in total. The lowest BCUT2D eigenvalue weighted by molar-refractivity contribution is -0.143. The second kappa shape index (κ2) is 10.9. The van der Waals surface area contributed by atoms with Crippen LogP contribution in [-0.2, 0) is 14.3 Å². The van der Waals surface area contributed by atoms with Crippen molar-refractivity contribution in [3.8, 4) is 23.7 Å². The normalized spacial score (nSPS) is 19.9. The Morgan fingerprint density at radius 3 is 2.82 bits per heavy atom. The molecule has 120 valence electrons. The number of hydrogen-bond donors (Lipinski definition) is 0. The zero-order valence-corrected chi connectivity index (χ0v) is 13.7. The van der Waals surface area contributed by atoms with E-state index in [2.05, 4.69) is 30.3 Å². The first kappa shape index (κ1) is 18.3. The third kappa shape index (κ3) is 8.55. The third-order valence-corrected chi connectivity index (χ3v) is 3.45. The number of esters is 1. The van der Waals surface area contributed by atoms with Crippen molar-refractivity contribution >= 4 is 5.97 Å². The van der Waals surface area contributed by atoms with E-state index in [4.69, 9.17) is 9.47 Å². The van der Waals surface area contributed by atoms with Crippen LogP contribution < -0.4 is 0 Å². The first-order chi connectivity index (χ1) is 10.7. The van der Waals surface area contributed by atoms with Gasteiger partial charge < -0.3 is 9.47 Å². The van der Waals surface area contributed by atoms with E-state index in [1.165, 1.54) is 26.2 Å². The number of epoxide rings is 1. The molecular formula is C19H26O3. The highest BCUT2D eigenvalue weighted by atomic mass is 16.6. The maximum atomic E-state index is 10.8. The summed E-state index contributed by atoms with van der Waals surface area (Å²) in [5, 5.41) is 0. The third-order valence-electron chi connectivity index (χ3n) is 3.45. The minimum absolute atomic E-state index is 0.282. The Kier molecular flexibility index (Phi) is 9.12. The van der Waals surface area contributed by atoms with Gasteiger partial charge in [0.2, 0.25) is 0 Å². The van der Waals surface area contributed by atoms with Crippen molar-refractivity contribution < 1.29 is 14.3 Å². The maximum absolute atomic E-state index is 10.8. The van der Waals surface area contributed by atoms with Gasteiger partial charge in [0.1, 0.15) is 0 Å². The minimum atomic E-state index is -0.354. The molecule has 0 spiro atoms. The zero-order valence-electron chi connectivity index (χ0n) is 13.7. The quantitative estimate of drug-likeness (QED) is 0.215. The van der Waals surface area contributed by atoms with Gasteiger partial charge in [-0.3, -0.25) is 4.79 Å². The first-order valence-electron chi connectivity index (χ1n) is 8.09. The molecule has 0 radical (unpaired) electrons. The molecule has 1 aliphatic rings. The van der Waals surface area contributed by atoms with Crippen LogP contribution in [0.2, 0.25) is 0 Å². The van der Waals surface area contributed by atoms with Gasteiger partial charge in [-0.1, -0.05) is 31.8 Å².